The van der Waals surface area contributed by atoms with Gasteiger partial charge in [0, 0.05) is 30.6 Å². The van der Waals surface area contributed by atoms with Gasteiger partial charge >= 0.3 is 5.92 Å². The number of hydrogen-bond acceptors (Lipinski definition) is 4. The number of benzene rings is 2. The molecule has 36 heavy (non-hydrogen) atoms. The average Bonchev–Trinajstić information content (AvgIpc) is 3.16. The second kappa shape index (κ2) is 8.83. The molecule has 0 spiro atoms. The molecule has 2 aliphatic rings. The summed E-state index contributed by atoms with van der Waals surface area (Å²) in [6, 6.07) is 10.4. The quantitative estimate of drug-likeness (QED) is 0.495. The molecule has 0 unspecified atom stereocenters. The van der Waals surface area contributed by atoms with Crippen LogP contribution in [0.5, 0.6) is 0 Å². The van der Waals surface area contributed by atoms with Crippen LogP contribution in [0, 0.1) is 0 Å². The highest BCUT2D eigenvalue weighted by molar-refractivity contribution is 6.32. The summed E-state index contributed by atoms with van der Waals surface area (Å²) in [5, 5.41) is 4.43. The van der Waals surface area contributed by atoms with E-state index in [9.17, 15) is 28.0 Å². The first kappa shape index (κ1) is 25.5. The van der Waals surface area contributed by atoms with E-state index in [1.165, 1.54) is 23.1 Å². The van der Waals surface area contributed by atoms with E-state index in [1.54, 1.807) is 24.3 Å². The van der Waals surface area contributed by atoms with E-state index < -0.39 is 40.6 Å². The van der Waals surface area contributed by atoms with Crippen molar-refractivity contribution in [3.63, 3.8) is 0 Å². The molecule has 4 amide bonds. The summed E-state index contributed by atoms with van der Waals surface area (Å²) in [7, 11) is 6.21. The number of nitrogens with zero attached hydrogens (tertiary/aromatic N) is 1. The van der Waals surface area contributed by atoms with E-state index in [0.29, 0.717) is 16.7 Å². The van der Waals surface area contributed by atoms with Gasteiger partial charge in [-0.25, -0.2) is 0 Å². The Labute approximate surface area is 209 Å². The van der Waals surface area contributed by atoms with Gasteiger partial charge in [0.25, 0.3) is 11.8 Å². The summed E-state index contributed by atoms with van der Waals surface area (Å²) < 4.78 is 29.6. The highest BCUT2D eigenvalue weighted by Gasteiger charge is 2.47. The minimum Gasteiger partial charge on any atom is -0.346 e. The van der Waals surface area contributed by atoms with Crippen LogP contribution in [0.2, 0.25) is 0 Å². The molecule has 186 valence electrons. The van der Waals surface area contributed by atoms with Crippen molar-refractivity contribution < 1.29 is 28.0 Å². The number of piperidine rings is 1. The lowest BCUT2D eigenvalue weighted by atomic mass is 9.70. The SMILES string of the molecule is [B][C@]1(N2Cc3cc(CNC(=O)C(F)(F)c4ccc(C(C)(C)C)cc4)ccc3C2=O)CCC(=O)NC1=O. The third kappa shape index (κ3) is 4.52. The van der Waals surface area contributed by atoms with Crippen molar-refractivity contribution in [1.29, 1.82) is 0 Å². The van der Waals surface area contributed by atoms with Crippen LogP contribution in [0.4, 0.5) is 8.78 Å². The summed E-state index contributed by atoms with van der Waals surface area (Å²) >= 11 is 0. The fraction of sp³-hybridized carbons (Fsp3) is 0.385. The summed E-state index contributed by atoms with van der Waals surface area (Å²) in [5.41, 5.74) is -0.0215. The molecule has 7 nitrogen and oxygen atoms in total. The summed E-state index contributed by atoms with van der Waals surface area (Å²) in [5.74, 6) is -6.82. The van der Waals surface area contributed by atoms with Crippen molar-refractivity contribution in [2.45, 2.75) is 63.5 Å². The number of alkyl halides is 2. The zero-order valence-corrected chi connectivity index (χ0v) is 20.3. The molecule has 1 atom stereocenters. The summed E-state index contributed by atoms with van der Waals surface area (Å²) in [4.78, 5) is 50.3. The first-order valence-corrected chi connectivity index (χ1v) is 11.6. The summed E-state index contributed by atoms with van der Waals surface area (Å²) in [6.45, 7) is 5.74. The van der Waals surface area contributed by atoms with Gasteiger partial charge < -0.3 is 10.2 Å². The molecule has 2 radical (unpaired) electrons. The largest absolute Gasteiger partial charge is 0.349 e. The van der Waals surface area contributed by atoms with Crippen LogP contribution in [-0.2, 0) is 38.8 Å². The zero-order chi connectivity index (χ0) is 26.5. The average molecular weight is 493 g/mol. The van der Waals surface area contributed by atoms with E-state index in [4.69, 9.17) is 7.85 Å². The molecule has 2 aliphatic heterocycles. The number of rotatable bonds is 5. The van der Waals surface area contributed by atoms with E-state index in [0.717, 1.165) is 5.56 Å². The number of fused-ring (bicyclic) bond motifs is 1. The molecule has 2 aromatic rings. The maximum absolute atomic E-state index is 14.8. The Morgan fingerprint density at radius 2 is 1.72 bits per heavy atom. The second-order valence-electron chi connectivity index (χ2n) is 10.3. The Bertz CT molecular complexity index is 1260. The van der Waals surface area contributed by atoms with Gasteiger partial charge in [0.1, 0.15) is 7.85 Å². The smallest absolute Gasteiger partial charge is 0.346 e. The number of carbonyl (C=O) groups excluding carboxylic acids is 4. The van der Waals surface area contributed by atoms with Crippen LogP contribution in [0.15, 0.2) is 42.5 Å². The molecule has 1 saturated heterocycles. The van der Waals surface area contributed by atoms with E-state index in [1.807, 2.05) is 20.8 Å². The maximum Gasteiger partial charge on any atom is 0.349 e. The number of carbonyl (C=O) groups is 4. The Hall–Kier alpha value is -3.56. The van der Waals surface area contributed by atoms with Crippen LogP contribution < -0.4 is 10.6 Å². The van der Waals surface area contributed by atoms with Gasteiger partial charge in [-0.05, 0) is 34.6 Å². The van der Waals surface area contributed by atoms with Crippen LogP contribution in [0.1, 0.15) is 66.2 Å². The number of nitrogens with one attached hydrogen (secondary N) is 2. The lowest BCUT2D eigenvalue weighted by Crippen LogP contribution is -2.63. The molecular weight excluding hydrogens is 467 g/mol. The number of hydrogen-bond donors (Lipinski definition) is 2. The third-order valence-corrected chi connectivity index (χ3v) is 6.69. The third-order valence-electron chi connectivity index (χ3n) is 6.69. The van der Waals surface area contributed by atoms with Gasteiger partial charge in [-0.3, -0.25) is 24.5 Å². The van der Waals surface area contributed by atoms with E-state index >= 15 is 0 Å². The van der Waals surface area contributed by atoms with Crippen LogP contribution in [0.3, 0.4) is 0 Å². The summed E-state index contributed by atoms with van der Waals surface area (Å²) in [6.07, 6.45) is -0.00108. The van der Waals surface area contributed by atoms with Gasteiger partial charge in [-0.15, -0.1) is 0 Å². The Morgan fingerprint density at radius 3 is 2.33 bits per heavy atom. The molecule has 0 aromatic heterocycles. The van der Waals surface area contributed by atoms with Gasteiger partial charge in [0.2, 0.25) is 11.8 Å². The topological polar surface area (TPSA) is 95.6 Å². The van der Waals surface area contributed by atoms with Crippen LogP contribution >= 0.6 is 0 Å². The van der Waals surface area contributed by atoms with Gasteiger partial charge in [0.15, 0.2) is 0 Å². The number of halogens is 2. The van der Waals surface area contributed by atoms with Crippen molar-refractivity contribution in [2.75, 3.05) is 0 Å². The minimum absolute atomic E-state index is 0.00674. The monoisotopic (exact) mass is 493 g/mol. The molecule has 2 aromatic carbocycles. The van der Waals surface area contributed by atoms with Crippen LogP contribution in [0.25, 0.3) is 0 Å². The molecule has 2 heterocycles. The van der Waals surface area contributed by atoms with E-state index in [-0.39, 0.29) is 31.3 Å². The van der Waals surface area contributed by atoms with Crippen molar-refractivity contribution in [2.24, 2.45) is 0 Å². The fourth-order valence-corrected chi connectivity index (χ4v) is 4.38. The lowest BCUT2D eigenvalue weighted by Gasteiger charge is -2.40. The molecule has 1 fully saturated rings. The molecule has 0 saturated carbocycles. The zero-order valence-electron chi connectivity index (χ0n) is 20.3. The lowest BCUT2D eigenvalue weighted by molar-refractivity contribution is -0.147. The molecule has 0 bridgehead atoms. The molecule has 0 aliphatic carbocycles. The Balaban J connectivity index is 1.44. The van der Waals surface area contributed by atoms with E-state index in [2.05, 4.69) is 10.6 Å². The van der Waals surface area contributed by atoms with Gasteiger partial charge in [0.05, 0.1) is 5.44 Å². The number of amides is 4. The van der Waals surface area contributed by atoms with Crippen molar-refractivity contribution >= 4 is 31.5 Å². The molecule has 2 N–H and O–H groups in total. The fourth-order valence-electron chi connectivity index (χ4n) is 4.38. The normalized spacial score (nSPS) is 20.2. The first-order chi connectivity index (χ1) is 16.7. The predicted molar refractivity (Wildman–Crippen MR) is 128 cm³/mol. The Morgan fingerprint density at radius 1 is 1.08 bits per heavy atom. The van der Waals surface area contributed by atoms with Gasteiger partial charge in [-0.1, -0.05) is 57.2 Å². The highest BCUT2D eigenvalue weighted by atomic mass is 19.3. The first-order valence-electron chi connectivity index (χ1n) is 11.6. The molecule has 4 rings (SSSR count). The Kier molecular flexibility index (Phi) is 6.26. The predicted octanol–water partition coefficient (Wildman–Crippen LogP) is 2.65. The van der Waals surface area contributed by atoms with Crippen molar-refractivity contribution in [1.82, 2.24) is 15.5 Å². The van der Waals surface area contributed by atoms with Crippen molar-refractivity contribution in [3.8, 4) is 0 Å². The second-order valence-corrected chi connectivity index (χ2v) is 10.3. The maximum atomic E-state index is 14.8. The molecular formula is C26H26BF2N3O4. The van der Waals surface area contributed by atoms with Crippen molar-refractivity contribution in [3.05, 3.63) is 70.3 Å². The number of imide groups is 1. The molecule has 10 heteroatoms. The minimum atomic E-state index is -3.72. The van der Waals surface area contributed by atoms with Crippen LogP contribution in [-0.4, -0.2) is 41.8 Å². The van der Waals surface area contributed by atoms with Gasteiger partial charge in [-0.2, -0.15) is 8.78 Å². The standard InChI is InChI=1S/C26H26BF2N3O4/c1-24(2,3)17-5-7-18(8-6-17)26(28,29)23(36)30-13-15-4-9-19-16(12-15)14-32(21(19)34)25(27)11-10-20(33)31-22(25)35/h4-9,12H,10-11,13-14H2,1-3H3,(H,30,36)(H,31,33,35)/t25-/m0/s1. The highest BCUT2D eigenvalue weighted by Crippen LogP contribution is 2.34.